The summed E-state index contributed by atoms with van der Waals surface area (Å²) < 4.78 is 13.1. The normalized spacial score (nSPS) is 19.0. The zero-order valence-corrected chi connectivity index (χ0v) is 15.0. The van der Waals surface area contributed by atoms with Crippen molar-refractivity contribution in [2.75, 3.05) is 25.0 Å². The van der Waals surface area contributed by atoms with E-state index in [9.17, 15) is 14.0 Å². The number of piperazine rings is 1. The van der Waals surface area contributed by atoms with Crippen LogP contribution >= 0.6 is 0 Å². The summed E-state index contributed by atoms with van der Waals surface area (Å²) in [5.74, 6) is -0.492. The monoisotopic (exact) mass is 367 g/mol. The lowest BCUT2D eigenvalue weighted by Gasteiger charge is -2.38. The van der Waals surface area contributed by atoms with Gasteiger partial charge in [-0.15, -0.1) is 0 Å². The van der Waals surface area contributed by atoms with Crippen LogP contribution in [0.5, 0.6) is 0 Å². The van der Waals surface area contributed by atoms with Crippen LogP contribution in [-0.4, -0.2) is 47.3 Å². The van der Waals surface area contributed by atoms with Crippen molar-refractivity contribution in [2.24, 2.45) is 0 Å². The van der Waals surface area contributed by atoms with E-state index in [2.05, 4.69) is 5.32 Å². The molecule has 0 radical (unpaired) electrons. The minimum Gasteiger partial charge on any atom is -0.337 e. The van der Waals surface area contributed by atoms with Crippen molar-refractivity contribution in [2.45, 2.75) is 24.9 Å². The third kappa shape index (κ3) is 4.01. The molecule has 0 spiro atoms. The van der Waals surface area contributed by atoms with Crippen molar-refractivity contribution in [3.8, 4) is 0 Å². The number of nitrogens with zero attached hydrogens (tertiary/aromatic N) is 2. The van der Waals surface area contributed by atoms with Gasteiger partial charge in [-0.05, 0) is 42.7 Å². The molecule has 4 rings (SSSR count). The van der Waals surface area contributed by atoms with Crippen LogP contribution in [-0.2, 0) is 9.59 Å². The van der Waals surface area contributed by atoms with E-state index >= 15 is 0 Å². The molecule has 6 heteroatoms. The van der Waals surface area contributed by atoms with E-state index in [0.29, 0.717) is 24.8 Å². The lowest BCUT2D eigenvalue weighted by molar-refractivity contribution is -0.139. The van der Waals surface area contributed by atoms with Gasteiger partial charge in [0.1, 0.15) is 11.9 Å². The van der Waals surface area contributed by atoms with Crippen LogP contribution in [0.3, 0.4) is 0 Å². The summed E-state index contributed by atoms with van der Waals surface area (Å²) in [4.78, 5) is 29.5. The Balaban J connectivity index is 1.54. The van der Waals surface area contributed by atoms with Crippen molar-refractivity contribution in [1.82, 2.24) is 9.80 Å². The van der Waals surface area contributed by atoms with E-state index in [4.69, 9.17) is 0 Å². The number of carbonyl (C=O) groups is 2. The summed E-state index contributed by atoms with van der Waals surface area (Å²) in [6.45, 7) is 1.53. The maximum atomic E-state index is 13.1. The summed E-state index contributed by atoms with van der Waals surface area (Å²) in [6.07, 6.45) is 2.16. The summed E-state index contributed by atoms with van der Waals surface area (Å²) in [6, 6.07) is 15.0. The van der Waals surface area contributed by atoms with Gasteiger partial charge in [-0.25, -0.2) is 4.39 Å². The fourth-order valence-electron chi connectivity index (χ4n) is 3.60. The molecule has 2 amide bonds. The van der Waals surface area contributed by atoms with Crippen LogP contribution < -0.4 is 5.32 Å². The van der Waals surface area contributed by atoms with Crippen molar-refractivity contribution < 1.29 is 14.0 Å². The number of amides is 2. The molecule has 1 N–H and O–H groups in total. The van der Waals surface area contributed by atoms with Gasteiger partial charge in [0.05, 0.1) is 6.54 Å². The predicted molar refractivity (Wildman–Crippen MR) is 101 cm³/mol. The van der Waals surface area contributed by atoms with Gasteiger partial charge in [-0.2, -0.15) is 0 Å². The zero-order chi connectivity index (χ0) is 18.8. The highest BCUT2D eigenvalue weighted by molar-refractivity contribution is 5.96. The van der Waals surface area contributed by atoms with Crippen molar-refractivity contribution >= 4 is 17.5 Å². The minimum atomic E-state index is -0.568. The van der Waals surface area contributed by atoms with Crippen LogP contribution in [0.4, 0.5) is 10.1 Å². The van der Waals surface area contributed by atoms with Crippen molar-refractivity contribution in [3.05, 3.63) is 66.0 Å². The number of nitrogens with one attached hydrogen (secondary N) is 1. The molecule has 1 atom stereocenters. The summed E-state index contributed by atoms with van der Waals surface area (Å²) in [5, 5.41) is 2.85. The average Bonchev–Trinajstić information content (AvgIpc) is 3.50. The van der Waals surface area contributed by atoms with E-state index in [1.165, 1.54) is 24.3 Å². The molecule has 2 aromatic rings. The molecular weight excluding hydrogens is 345 g/mol. The van der Waals surface area contributed by atoms with E-state index in [1.54, 1.807) is 0 Å². The van der Waals surface area contributed by atoms with E-state index in [1.807, 2.05) is 40.1 Å². The van der Waals surface area contributed by atoms with Crippen molar-refractivity contribution in [1.29, 1.82) is 0 Å². The molecule has 2 fully saturated rings. The first-order valence-corrected chi connectivity index (χ1v) is 9.27. The smallest absolute Gasteiger partial charge is 0.246 e. The predicted octanol–water partition coefficient (Wildman–Crippen LogP) is 2.81. The standard InChI is InChI=1S/C21H22FN3O2/c22-16-6-8-17(9-7-16)23-21(27)20(15-4-2-1-3-5-15)24-12-13-25(18-10-11-18)19(26)14-24/h1-9,18,20H,10-14H2,(H,23,27)/t20-/m0/s1. The second-order valence-corrected chi connectivity index (χ2v) is 7.10. The molecule has 0 aromatic heterocycles. The molecule has 2 aromatic carbocycles. The molecule has 1 saturated heterocycles. The highest BCUT2D eigenvalue weighted by atomic mass is 19.1. The van der Waals surface area contributed by atoms with Gasteiger partial charge < -0.3 is 10.2 Å². The second kappa shape index (κ2) is 7.48. The van der Waals surface area contributed by atoms with Crippen LogP contribution in [0.15, 0.2) is 54.6 Å². The number of rotatable bonds is 5. The summed E-state index contributed by atoms with van der Waals surface area (Å²) in [7, 11) is 0. The molecule has 0 unspecified atom stereocenters. The number of anilines is 1. The molecule has 1 aliphatic heterocycles. The number of hydrogen-bond acceptors (Lipinski definition) is 3. The van der Waals surface area contributed by atoms with Crippen LogP contribution in [0.1, 0.15) is 24.4 Å². The first-order chi connectivity index (χ1) is 13.1. The lowest BCUT2D eigenvalue weighted by Crippen LogP contribution is -2.53. The Morgan fingerprint density at radius 2 is 1.74 bits per heavy atom. The van der Waals surface area contributed by atoms with Gasteiger partial charge >= 0.3 is 0 Å². The third-order valence-corrected chi connectivity index (χ3v) is 5.12. The van der Waals surface area contributed by atoms with Crippen LogP contribution in [0, 0.1) is 5.82 Å². The minimum absolute atomic E-state index is 0.0827. The molecule has 0 bridgehead atoms. The number of halogens is 1. The SMILES string of the molecule is O=C(Nc1ccc(F)cc1)[C@H](c1ccccc1)N1CCN(C2CC2)C(=O)C1. The Bertz CT molecular complexity index is 821. The third-order valence-electron chi connectivity index (χ3n) is 5.12. The summed E-state index contributed by atoms with van der Waals surface area (Å²) in [5.41, 5.74) is 1.37. The Labute approximate surface area is 157 Å². The topological polar surface area (TPSA) is 52.7 Å². The Morgan fingerprint density at radius 1 is 1.04 bits per heavy atom. The quantitative estimate of drug-likeness (QED) is 0.884. The van der Waals surface area contributed by atoms with Gasteiger partial charge in [-0.1, -0.05) is 30.3 Å². The van der Waals surface area contributed by atoms with E-state index in [0.717, 1.165) is 18.4 Å². The van der Waals surface area contributed by atoms with Gasteiger partial charge in [0.15, 0.2) is 0 Å². The van der Waals surface area contributed by atoms with Gasteiger partial charge in [-0.3, -0.25) is 14.5 Å². The molecular formula is C21H22FN3O2. The fourth-order valence-corrected chi connectivity index (χ4v) is 3.60. The van der Waals surface area contributed by atoms with Crippen molar-refractivity contribution in [3.63, 3.8) is 0 Å². The first-order valence-electron chi connectivity index (χ1n) is 9.27. The largest absolute Gasteiger partial charge is 0.337 e. The van der Waals surface area contributed by atoms with Crippen LogP contribution in [0.2, 0.25) is 0 Å². The number of carbonyl (C=O) groups excluding carboxylic acids is 2. The van der Waals surface area contributed by atoms with Gasteiger partial charge in [0.25, 0.3) is 0 Å². The van der Waals surface area contributed by atoms with E-state index < -0.39 is 6.04 Å². The number of hydrogen-bond donors (Lipinski definition) is 1. The molecule has 2 aliphatic rings. The molecule has 1 heterocycles. The Kier molecular flexibility index (Phi) is 4.90. The fraction of sp³-hybridized carbons (Fsp3) is 0.333. The zero-order valence-electron chi connectivity index (χ0n) is 15.0. The maximum Gasteiger partial charge on any atom is 0.246 e. The highest BCUT2D eigenvalue weighted by Crippen LogP contribution is 2.30. The van der Waals surface area contributed by atoms with E-state index in [-0.39, 0.29) is 24.2 Å². The lowest BCUT2D eigenvalue weighted by atomic mass is 10.0. The highest BCUT2D eigenvalue weighted by Gasteiger charge is 2.39. The molecule has 5 nitrogen and oxygen atoms in total. The average molecular weight is 367 g/mol. The Morgan fingerprint density at radius 3 is 2.37 bits per heavy atom. The Hall–Kier alpha value is -2.73. The second-order valence-electron chi connectivity index (χ2n) is 7.10. The molecule has 27 heavy (non-hydrogen) atoms. The maximum absolute atomic E-state index is 13.1. The van der Waals surface area contributed by atoms with Gasteiger partial charge in [0, 0.05) is 24.8 Å². The molecule has 1 aliphatic carbocycles. The molecule has 140 valence electrons. The number of benzene rings is 2. The summed E-state index contributed by atoms with van der Waals surface area (Å²) >= 11 is 0. The van der Waals surface area contributed by atoms with Crippen LogP contribution in [0.25, 0.3) is 0 Å². The van der Waals surface area contributed by atoms with Gasteiger partial charge in [0.2, 0.25) is 11.8 Å². The molecule has 1 saturated carbocycles. The first kappa shape index (κ1) is 17.7.